The van der Waals surface area contributed by atoms with Crippen LogP contribution in [0.5, 0.6) is 0 Å². The number of ether oxygens (including phenoxy) is 8. The molecule has 0 saturated heterocycles. The van der Waals surface area contributed by atoms with Gasteiger partial charge in [-0.25, -0.2) is 0 Å². The zero-order chi connectivity index (χ0) is 111. The SMILES string of the molecule is C.CC(=O)OCC(CS[As](C)C)OC(=O)c1ccccc1.CC(=O)OCC(CS[As](C)C)OC(C)=O.CC(Cl)C(=O)OCC(CS[As](C)C)OC(=O)C(Cl)c1ccccc1.CCC(O)CS[As](C(C)C)C(C)C.CCC(O)CS[As](C)C.CCC(O)CS[As](CC)CC.CCC(S[As](C)C)C(=O)O.CCCCCCCCC(=O)OCC(CS[As](C)C)OC(=O)CCCCCCCC.CCC[As](CCC)SCC(O)CC. The van der Waals surface area contributed by atoms with Crippen molar-refractivity contribution in [3.05, 3.63) is 71.8 Å². The molecular weight excluding hydrogens is 2620 g/mol. The molecule has 2 aromatic rings. The third-order valence-corrected chi connectivity index (χ3v) is 82.8. The summed E-state index contributed by atoms with van der Waals surface area (Å²) in [6.45, 7) is 38.9. The van der Waals surface area contributed by atoms with Crippen LogP contribution in [0, 0.1) is 0 Å². The van der Waals surface area contributed by atoms with Crippen LogP contribution in [0.1, 0.15) is 295 Å². The van der Waals surface area contributed by atoms with Crippen molar-refractivity contribution in [1.82, 2.24) is 0 Å². The molecule has 11 atom stereocenters. The number of aliphatic hydroxyl groups is 4. The summed E-state index contributed by atoms with van der Waals surface area (Å²) in [5.74, 6) is 3.06. The average Bonchev–Trinajstić information content (AvgIpc) is 0.882. The molecule has 0 saturated carbocycles. The molecule has 2 aromatic carbocycles. The molecule has 0 spiro atoms. The molecule has 145 heavy (non-hydrogen) atoms. The van der Waals surface area contributed by atoms with Gasteiger partial charge in [-0.2, -0.15) is 0 Å². The number of carboxylic acids is 1. The van der Waals surface area contributed by atoms with Gasteiger partial charge in [-0.1, -0.05) is 27.7 Å². The zero-order valence-corrected chi connectivity index (χ0v) is 119. The van der Waals surface area contributed by atoms with E-state index in [1.165, 1.54) is 113 Å². The van der Waals surface area contributed by atoms with Crippen molar-refractivity contribution in [3.8, 4) is 0 Å². The van der Waals surface area contributed by atoms with Gasteiger partial charge in [0.15, 0.2) is 0 Å². The normalized spacial score (nSPS) is 13.2. The van der Waals surface area contributed by atoms with Gasteiger partial charge in [0, 0.05) is 0 Å². The third kappa shape index (κ3) is 116. The number of aliphatic carboxylic acids is 1. The van der Waals surface area contributed by atoms with E-state index in [2.05, 4.69) is 175 Å². The molecule has 0 aromatic heterocycles. The number of unbranched alkanes of at least 4 members (excludes halogenated alkanes) is 10. The summed E-state index contributed by atoms with van der Waals surface area (Å²) in [6, 6.07) is 17.8. The van der Waals surface area contributed by atoms with Gasteiger partial charge in [0.05, 0.1) is 0 Å². The Morgan fingerprint density at radius 2 is 0.690 bits per heavy atom. The van der Waals surface area contributed by atoms with Gasteiger partial charge in [-0.05, 0) is 0 Å². The second kappa shape index (κ2) is 113. The van der Waals surface area contributed by atoms with Crippen molar-refractivity contribution in [2.75, 3.05) is 72.5 Å². The number of aliphatic hydroxyl groups excluding tert-OH is 4. The Hall–Kier alpha value is 2.27. The van der Waals surface area contributed by atoms with E-state index >= 15 is 0 Å². The number of halogens is 2. The molecule has 22 nitrogen and oxygen atoms in total. The number of hydrogen-bond acceptors (Lipinski definition) is 30. The minimum absolute atomic E-state index is 0. The maximum absolute atomic E-state index is 12.3. The Kier molecular flexibility index (Phi) is 127. The zero-order valence-electron chi connectivity index (χ0n) is 93.6. The standard InChI is InChI=1S/C23H45AsO4S.C16H21AsCl2O4S.C14H19AsO4S.2C10H23AsOS.C9H17AsO4S.C8H19AsOS.C6H13AsO2S.C6H15AsOS.CH4/c1-5-7-9-11-13-15-17-22(25)27-19-21(20-29-24(3)4)28-23(26)18-16-14-12-10-8-6-2;1-11(18)15(20)22-9-13(10-24-17(2)3)23-16(21)14(19)12-7-5-4-6-8-12;1-11(16)18-9-13(10-20-15(2)3)19-14(17)12-7-5-4-6-8-12;1-6-10(12)7-13-11(8(2)3)9(4)5;1-4-7-11(8-5-2)13-9-10(12)6-3;1-7(11)13-5-9(14-8(2)12)6-15-10(3)4;1-4-8(10)7-11-9(5-2)6-3;1-4-5(6(8)9)10-7(2)3;1-4-6(8)5-9-7(2)3;/h21H,5-20H2,1-4H3;4-8,11,13-14H,9-10H2,1-3H3;4-8,13H,9-10H2,1-3H3;8-10,12H,6-7H2,1-5H3;10,12H,4-9H2,1-3H3;9H,5-6H2,1-4H3;8,10H,4-7H2,1-3H3;5H,4H2,1-3H3,(H,8,9);6,8H,4-5H2,1-3H3;1H4. The molecule has 0 amide bonds. The van der Waals surface area contributed by atoms with E-state index < -0.39 is 162 Å². The summed E-state index contributed by atoms with van der Waals surface area (Å²) in [5, 5.41) is 49.8. The second-order valence-corrected chi connectivity index (χ2v) is 121. The molecule has 0 aliphatic carbocycles. The molecule has 0 heterocycles. The van der Waals surface area contributed by atoms with Crippen molar-refractivity contribution in [2.45, 2.75) is 437 Å². The second-order valence-electron chi connectivity index (χ2n) is 34.6. The first-order valence-electron chi connectivity index (χ1n) is 50.6. The first-order chi connectivity index (χ1) is 67.9. The van der Waals surface area contributed by atoms with E-state index in [9.17, 15) is 58.5 Å². The fourth-order valence-corrected chi connectivity index (χ4v) is 59.8. The van der Waals surface area contributed by atoms with Crippen LogP contribution >= 0.6 is 113 Å². The monoisotopic (exact) mass is 2820 g/mol. The number of esters is 8. The van der Waals surface area contributed by atoms with Gasteiger partial charge in [0.25, 0.3) is 0 Å². The third-order valence-electron chi connectivity index (χ3n) is 18.5. The maximum atomic E-state index is 12.3. The first kappa shape index (κ1) is 162. The van der Waals surface area contributed by atoms with Crippen LogP contribution in [0.4, 0.5) is 0 Å². The molecule has 0 aliphatic heterocycles. The topological polar surface area (TPSA) is 329 Å². The quantitative estimate of drug-likeness (QED) is 0.0135. The van der Waals surface area contributed by atoms with Crippen molar-refractivity contribution in [1.29, 1.82) is 0 Å². The molecule has 0 aliphatic rings. The van der Waals surface area contributed by atoms with Gasteiger partial charge in [0.1, 0.15) is 0 Å². The number of benzene rings is 2. The van der Waals surface area contributed by atoms with Crippen LogP contribution in [0.15, 0.2) is 60.7 Å². The summed E-state index contributed by atoms with van der Waals surface area (Å²) in [7, 11) is 17.1. The molecule has 42 heteroatoms. The van der Waals surface area contributed by atoms with Crippen LogP contribution in [-0.2, 0) is 76.3 Å². The van der Waals surface area contributed by atoms with Crippen molar-refractivity contribution < 1.29 is 107 Å². The van der Waals surface area contributed by atoms with Gasteiger partial charge >= 0.3 is 949 Å². The molecule has 856 valence electrons. The van der Waals surface area contributed by atoms with Crippen LogP contribution in [0.2, 0.25) is 98.8 Å². The first-order valence-corrected chi connectivity index (χ1v) is 111. The minimum atomic E-state index is -0.962. The number of carbonyl (C=O) groups is 9. The summed E-state index contributed by atoms with van der Waals surface area (Å²) >= 11 is 5.04. The number of carbonyl (C=O) groups excluding carboxylic acids is 8. The van der Waals surface area contributed by atoms with Gasteiger partial charge in [0.2, 0.25) is 0 Å². The Labute approximate surface area is 965 Å². The molecule has 0 fully saturated rings. The van der Waals surface area contributed by atoms with E-state index in [4.69, 9.17) is 71.3 Å². The van der Waals surface area contributed by atoms with Crippen LogP contribution in [0.25, 0.3) is 0 Å². The molecule has 11 unspecified atom stereocenters. The summed E-state index contributed by atoms with van der Waals surface area (Å²) in [5.41, 5.74) is 27.8. The summed E-state index contributed by atoms with van der Waals surface area (Å²) in [6.07, 6.45) is 20.0. The summed E-state index contributed by atoms with van der Waals surface area (Å²) < 4.78 is 43.6. The molecule has 0 radical (unpaired) electrons. The van der Waals surface area contributed by atoms with Gasteiger partial charge in [-0.3, -0.25) is 0 Å². The predicted molar refractivity (Wildman–Crippen MR) is 657 cm³/mol. The Morgan fingerprint density at radius 1 is 0.352 bits per heavy atom. The van der Waals surface area contributed by atoms with E-state index in [-0.39, 0.29) is 112 Å². The molecule has 2 rings (SSSR count). The fourth-order valence-electron chi connectivity index (χ4n) is 10.6. The van der Waals surface area contributed by atoms with E-state index in [1.807, 2.05) is 69.9 Å². The van der Waals surface area contributed by atoms with Crippen molar-refractivity contribution in [3.63, 3.8) is 0 Å². The Morgan fingerprint density at radius 3 is 1.03 bits per heavy atom. The van der Waals surface area contributed by atoms with E-state index in [0.717, 1.165) is 96.0 Å². The number of alkyl halides is 2. The van der Waals surface area contributed by atoms with Crippen LogP contribution in [-0.4, -0.2) is 333 Å². The summed E-state index contributed by atoms with van der Waals surface area (Å²) in [4.78, 5) is 103. The van der Waals surface area contributed by atoms with Gasteiger partial charge in [-0.15, -0.1) is 0 Å². The molecular formula is C103H199As9Cl2O22S9. The van der Waals surface area contributed by atoms with Crippen molar-refractivity contribution in [2.24, 2.45) is 0 Å². The van der Waals surface area contributed by atoms with Crippen molar-refractivity contribution >= 4 is 289 Å². The fraction of sp³-hybridized carbons (Fsp3) is 0.796. The number of hydrogen-bond donors (Lipinski definition) is 5. The Balaban J connectivity index is -0.000000249. The van der Waals surface area contributed by atoms with Crippen LogP contribution < -0.4 is 0 Å². The van der Waals surface area contributed by atoms with E-state index in [0.29, 0.717) is 41.2 Å². The van der Waals surface area contributed by atoms with Crippen LogP contribution in [0.3, 0.4) is 0 Å². The molecule has 0 bridgehead atoms. The number of carboxylic acid groups (broad SMARTS) is 1. The van der Waals surface area contributed by atoms with Gasteiger partial charge < -0.3 is 0 Å². The number of rotatable bonds is 70. The Bertz CT molecular complexity index is 3330. The average molecular weight is 2820 g/mol. The van der Waals surface area contributed by atoms with E-state index in [1.54, 1.807) is 78.6 Å². The predicted octanol–water partition coefficient (Wildman–Crippen LogP) is 28.5. The molecule has 5 N–H and O–H groups in total.